The van der Waals surface area contributed by atoms with Crippen molar-refractivity contribution in [1.29, 1.82) is 0 Å². The van der Waals surface area contributed by atoms with Crippen LogP contribution in [-0.2, 0) is 11.3 Å². The summed E-state index contributed by atoms with van der Waals surface area (Å²) in [5, 5.41) is 2.70. The van der Waals surface area contributed by atoms with Crippen molar-refractivity contribution in [2.45, 2.75) is 6.54 Å². The maximum Gasteiger partial charge on any atom is 0.261 e. The molecule has 1 aliphatic rings. The van der Waals surface area contributed by atoms with Crippen molar-refractivity contribution in [3.05, 3.63) is 50.9 Å². The van der Waals surface area contributed by atoms with Crippen LogP contribution in [0, 0.1) is 0 Å². The third kappa shape index (κ3) is 5.10. The predicted molar refractivity (Wildman–Crippen MR) is 100 cm³/mol. The average Bonchev–Trinajstić information content (AvgIpc) is 3.07. The van der Waals surface area contributed by atoms with Gasteiger partial charge < -0.3 is 10.2 Å². The maximum absolute atomic E-state index is 12.3. The number of hydrogen-bond acceptors (Lipinski definition) is 5. The van der Waals surface area contributed by atoms with E-state index in [2.05, 4.69) is 37.2 Å². The Morgan fingerprint density at radius 1 is 1.20 bits per heavy atom. The first-order valence-electron chi connectivity index (χ1n) is 8.04. The molecule has 0 bridgehead atoms. The fraction of sp³-hybridized carbons (Fsp3) is 0.353. The van der Waals surface area contributed by atoms with Gasteiger partial charge in [0.15, 0.2) is 0 Å². The molecule has 0 radical (unpaired) electrons. The van der Waals surface area contributed by atoms with Crippen LogP contribution in [0.25, 0.3) is 0 Å². The largest absolute Gasteiger partial charge is 0.342 e. The summed E-state index contributed by atoms with van der Waals surface area (Å²) in [7, 11) is 0. The molecular weight excluding hydrogens is 404 g/mol. The van der Waals surface area contributed by atoms with Gasteiger partial charge in [0, 0.05) is 45.1 Å². The molecule has 0 atom stereocenters. The minimum Gasteiger partial charge on any atom is -0.342 e. The van der Waals surface area contributed by atoms with Crippen LogP contribution in [0.1, 0.15) is 15.2 Å². The van der Waals surface area contributed by atoms with E-state index in [4.69, 9.17) is 0 Å². The molecule has 132 valence electrons. The number of amides is 2. The number of piperazine rings is 1. The molecule has 8 heteroatoms. The molecule has 3 heterocycles. The minimum absolute atomic E-state index is 0.0370. The summed E-state index contributed by atoms with van der Waals surface area (Å²) < 4.78 is 0.897. The van der Waals surface area contributed by atoms with E-state index in [-0.39, 0.29) is 18.4 Å². The molecule has 0 unspecified atom stereocenters. The third-order valence-electron chi connectivity index (χ3n) is 4.05. The van der Waals surface area contributed by atoms with Crippen molar-refractivity contribution < 1.29 is 9.59 Å². The van der Waals surface area contributed by atoms with Gasteiger partial charge in [-0.2, -0.15) is 0 Å². The fourth-order valence-electron chi connectivity index (χ4n) is 2.70. The maximum atomic E-state index is 12.3. The second kappa shape index (κ2) is 8.55. The Balaban J connectivity index is 1.41. The number of pyridine rings is 1. The summed E-state index contributed by atoms with van der Waals surface area (Å²) in [6.45, 7) is 3.90. The Labute approximate surface area is 159 Å². The van der Waals surface area contributed by atoms with Crippen molar-refractivity contribution in [2.24, 2.45) is 0 Å². The first kappa shape index (κ1) is 18.0. The normalized spacial score (nSPS) is 15.2. The van der Waals surface area contributed by atoms with Gasteiger partial charge >= 0.3 is 0 Å². The van der Waals surface area contributed by atoms with Crippen LogP contribution in [0.4, 0.5) is 0 Å². The van der Waals surface area contributed by atoms with E-state index < -0.39 is 0 Å². The van der Waals surface area contributed by atoms with Crippen molar-refractivity contribution in [3.63, 3.8) is 0 Å². The van der Waals surface area contributed by atoms with Crippen LogP contribution < -0.4 is 5.32 Å². The molecule has 1 fully saturated rings. The summed E-state index contributed by atoms with van der Waals surface area (Å²) in [6.07, 6.45) is 3.64. The Bertz CT molecular complexity index is 729. The zero-order chi connectivity index (χ0) is 17.6. The summed E-state index contributed by atoms with van der Waals surface area (Å²) in [5.41, 5.74) is 1.18. The van der Waals surface area contributed by atoms with E-state index in [1.807, 2.05) is 23.2 Å². The Hall–Kier alpha value is -1.77. The average molecular weight is 423 g/mol. The molecule has 1 aliphatic heterocycles. The lowest BCUT2D eigenvalue weighted by Crippen LogP contribution is -2.50. The second-order valence-electron chi connectivity index (χ2n) is 5.80. The number of rotatable bonds is 5. The number of nitrogens with one attached hydrogen (secondary N) is 1. The fourth-order valence-corrected chi connectivity index (χ4v) is 4.00. The Morgan fingerprint density at radius 3 is 2.64 bits per heavy atom. The number of thiophene rings is 1. The molecule has 6 nitrogen and oxygen atoms in total. The highest BCUT2D eigenvalue weighted by Gasteiger charge is 2.21. The van der Waals surface area contributed by atoms with Crippen LogP contribution >= 0.6 is 27.3 Å². The zero-order valence-corrected chi connectivity index (χ0v) is 16.1. The first-order chi connectivity index (χ1) is 12.1. The highest BCUT2D eigenvalue weighted by Crippen LogP contribution is 2.21. The van der Waals surface area contributed by atoms with E-state index in [1.54, 1.807) is 12.3 Å². The van der Waals surface area contributed by atoms with Crippen LogP contribution in [0.2, 0.25) is 0 Å². The molecule has 3 rings (SSSR count). The van der Waals surface area contributed by atoms with E-state index >= 15 is 0 Å². The van der Waals surface area contributed by atoms with Crippen LogP contribution in [0.3, 0.4) is 0 Å². The predicted octanol–water partition coefficient (Wildman–Crippen LogP) is 1.98. The number of carbonyl (C=O) groups excluding carboxylic acids is 2. The molecule has 25 heavy (non-hydrogen) atoms. The summed E-state index contributed by atoms with van der Waals surface area (Å²) in [6, 6.07) is 7.56. The van der Waals surface area contributed by atoms with E-state index in [0.29, 0.717) is 18.0 Å². The van der Waals surface area contributed by atoms with Crippen molar-refractivity contribution in [2.75, 3.05) is 32.7 Å². The molecule has 1 saturated heterocycles. The molecular formula is C17H19BrN4O2S. The van der Waals surface area contributed by atoms with Gasteiger partial charge in [-0.1, -0.05) is 6.07 Å². The number of carbonyl (C=O) groups is 2. The summed E-state index contributed by atoms with van der Waals surface area (Å²) in [5.74, 6) is -0.246. The van der Waals surface area contributed by atoms with Crippen LogP contribution in [0.5, 0.6) is 0 Å². The van der Waals surface area contributed by atoms with Crippen LogP contribution in [0.15, 0.2) is 40.4 Å². The van der Waals surface area contributed by atoms with E-state index in [9.17, 15) is 9.59 Å². The number of nitrogens with zero attached hydrogens (tertiary/aromatic N) is 3. The molecule has 0 saturated carbocycles. The van der Waals surface area contributed by atoms with E-state index in [1.165, 1.54) is 16.9 Å². The topological polar surface area (TPSA) is 65.5 Å². The highest BCUT2D eigenvalue weighted by molar-refractivity contribution is 9.11. The molecule has 2 aromatic heterocycles. The quantitative estimate of drug-likeness (QED) is 0.799. The van der Waals surface area contributed by atoms with Crippen LogP contribution in [-0.4, -0.2) is 59.3 Å². The molecule has 0 aliphatic carbocycles. The monoisotopic (exact) mass is 422 g/mol. The lowest BCUT2D eigenvalue weighted by Gasteiger charge is -2.34. The van der Waals surface area contributed by atoms with Gasteiger partial charge in [0.2, 0.25) is 5.91 Å². The van der Waals surface area contributed by atoms with Crippen molar-refractivity contribution in [1.82, 2.24) is 20.1 Å². The minimum atomic E-state index is -0.209. The molecule has 2 amide bonds. The molecule has 0 aromatic carbocycles. The van der Waals surface area contributed by atoms with Gasteiger partial charge in [0.05, 0.1) is 15.2 Å². The molecule has 1 N–H and O–H groups in total. The van der Waals surface area contributed by atoms with Crippen molar-refractivity contribution >= 4 is 39.1 Å². The Morgan fingerprint density at radius 2 is 2.00 bits per heavy atom. The third-order valence-corrected chi connectivity index (χ3v) is 5.67. The second-order valence-corrected chi connectivity index (χ2v) is 8.27. The van der Waals surface area contributed by atoms with Crippen molar-refractivity contribution in [3.8, 4) is 0 Å². The smallest absolute Gasteiger partial charge is 0.261 e. The SMILES string of the molecule is O=C(NCC(=O)N1CCN(Cc2cccnc2)CC1)c1ccc(Br)s1. The molecule has 0 spiro atoms. The summed E-state index contributed by atoms with van der Waals surface area (Å²) >= 11 is 4.68. The first-order valence-corrected chi connectivity index (χ1v) is 9.65. The Kier molecular flexibility index (Phi) is 6.17. The van der Waals surface area contributed by atoms with Gasteiger partial charge in [-0.25, -0.2) is 0 Å². The van der Waals surface area contributed by atoms with Gasteiger partial charge in [0.25, 0.3) is 5.91 Å². The highest BCUT2D eigenvalue weighted by atomic mass is 79.9. The lowest BCUT2D eigenvalue weighted by atomic mass is 10.2. The van der Waals surface area contributed by atoms with Gasteiger partial charge in [-0.05, 0) is 39.7 Å². The van der Waals surface area contributed by atoms with Gasteiger partial charge in [0.1, 0.15) is 0 Å². The van der Waals surface area contributed by atoms with E-state index in [0.717, 1.165) is 23.4 Å². The lowest BCUT2D eigenvalue weighted by molar-refractivity contribution is -0.131. The van der Waals surface area contributed by atoms with Gasteiger partial charge in [-0.3, -0.25) is 19.5 Å². The summed E-state index contributed by atoms with van der Waals surface area (Å²) in [4.78, 5) is 33.1. The number of aromatic nitrogens is 1. The van der Waals surface area contributed by atoms with Gasteiger partial charge in [-0.15, -0.1) is 11.3 Å². The standard InChI is InChI=1S/C17H19BrN4O2S/c18-15-4-3-14(25-15)17(24)20-11-16(23)22-8-6-21(7-9-22)12-13-2-1-5-19-10-13/h1-5,10H,6-9,11-12H2,(H,20,24). The zero-order valence-electron chi connectivity index (χ0n) is 13.7. The number of hydrogen-bond donors (Lipinski definition) is 1. The number of halogens is 1. The molecule has 2 aromatic rings.